The normalized spacial score (nSPS) is 11.1. The number of rotatable bonds is 4. The average molecular weight is 399 g/mol. The molecule has 0 saturated carbocycles. The molecule has 0 saturated heterocycles. The van der Waals surface area contributed by atoms with Crippen molar-refractivity contribution in [2.75, 3.05) is 5.32 Å². The Balaban J connectivity index is 1.88. The molecule has 0 bridgehead atoms. The Morgan fingerprint density at radius 3 is 2.18 bits per heavy atom. The van der Waals surface area contributed by atoms with E-state index in [1.165, 1.54) is 13.0 Å². The zero-order valence-corrected chi connectivity index (χ0v) is 14.1. The minimum atomic E-state index is -2.83. The Morgan fingerprint density at radius 2 is 1.64 bits per heavy atom. The summed E-state index contributed by atoms with van der Waals surface area (Å²) in [6, 6.07) is 4.94. The first-order chi connectivity index (χ1) is 13.2. The first-order valence-electron chi connectivity index (χ1n) is 7.78. The number of alkyl halides is 2. The maximum atomic E-state index is 14.4. The zero-order valence-electron chi connectivity index (χ0n) is 14.1. The highest BCUT2D eigenvalue weighted by molar-refractivity contribution is 6.04. The van der Waals surface area contributed by atoms with E-state index in [1.54, 1.807) is 0 Å². The largest absolute Gasteiger partial charge is 0.322 e. The van der Waals surface area contributed by atoms with E-state index in [-0.39, 0.29) is 17.1 Å². The number of anilines is 1. The number of aryl methyl sites for hydroxylation is 1. The summed E-state index contributed by atoms with van der Waals surface area (Å²) in [6.45, 7) is 1.45. The van der Waals surface area contributed by atoms with Crippen LogP contribution in [0.15, 0.2) is 36.4 Å². The number of nitrogens with one attached hydrogen (secondary N) is 1. The fourth-order valence-electron chi connectivity index (χ4n) is 2.56. The topological polar surface area (TPSA) is 46.9 Å². The molecule has 0 aliphatic heterocycles. The van der Waals surface area contributed by atoms with Crippen LogP contribution < -0.4 is 5.32 Å². The third-order valence-electron chi connectivity index (χ3n) is 3.80. The summed E-state index contributed by atoms with van der Waals surface area (Å²) in [4.78, 5) is 12.0. The molecule has 1 heterocycles. The fourth-order valence-corrected chi connectivity index (χ4v) is 2.56. The molecular formula is C18H11F6N3O. The second kappa shape index (κ2) is 7.37. The highest BCUT2D eigenvalue weighted by Crippen LogP contribution is 2.24. The number of hydrogen-bond donors (Lipinski definition) is 1. The maximum Gasteiger partial charge on any atom is 0.282 e. The van der Waals surface area contributed by atoms with Gasteiger partial charge < -0.3 is 5.32 Å². The average Bonchev–Trinajstić information content (AvgIpc) is 2.96. The van der Waals surface area contributed by atoms with Gasteiger partial charge in [-0.1, -0.05) is 0 Å². The molecule has 4 nitrogen and oxygen atoms in total. The molecule has 0 spiro atoms. The minimum Gasteiger partial charge on any atom is -0.322 e. The molecule has 0 aliphatic carbocycles. The van der Waals surface area contributed by atoms with E-state index < -0.39 is 46.9 Å². The number of carbonyl (C=O) groups excluding carboxylic acids is 1. The summed E-state index contributed by atoms with van der Waals surface area (Å²) in [7, 11) is 0. The first kappa shape index (κ1) is 19.5. The molecule has 0 unspecified atom stereocenters. The highest BCUT2D eigenvalue weighted by Gasteiger charge is 2.20. The Bertz CT molecular complexity index is 1040. The van der Waals surface area contributed by atoms with E-state index >= 15 is 0 Å². The van der Waals surface area contributed by atoms with Crippen molar-refractivity contribution in [3.8, 4) is 5.69 Å². The van der Waals surface area contributed by atoms with Crippen molar-refractivity contribution in [3.63, 3.8) is 0 Å². The summed E-state index contributed by atoms with van der Waals surface area (Å²) in [6.07, 6.45) is -2.83. The zero-order chi connectivity index (χ0) is 20.6. The molecule has 10 heteroatoms. The van der Waals surface area contributed by atoms with Crippen molar-refractivity contribution in [1.29, 1.82) is 0 Å². The molecule has 146 valence electrons. The van der Waals surface area contributed by atoms with Gasteiger partial charge in [-0.05, 0) is 31.2 Å². The van der Waals surface area contributed by atoms with E-state index in [2.05, 4.69) is 10.4 Å². The van der Waals surface area contributed by atoms with Crippen LogP contribution in [-0.2, 0) is 0 Å². The van der Waals surface area contributed by atoms with Gasteiger partial charge in [0.2, 0.25) is 0 Å². The van der Waals surface area contributed by atoms with Crippen LogP contribution in [0.5, 0.6) is 0 Å². The highest BCUT2D eigenvalue weighted by atomic mass is 19.3. The molecule has 0 radical (unpaired) electrons. The molecule has 3 aromatic rings. The predicted octanol–water partition coefficient (Wildman–Crippen LogP) is 4.93. The van der Waals surface area contributed by atoms with Crippen molar-refractivity contribution < 1.29 is 31.1 Å². The molecular weight excluding hydrogens is 388 g/mol. The summed E-state index contributed by atoms with van der Waals surface area (Å²) >= 11 is 0. The molecule has 0 aliphatic rings. The van der Waals surface area contributed by atoms with Crippen LogP contribution in [0.3, 0.4) is 0 Å². The van der Waals surface area contributed by atoms with E-state index in [0.29, 0.717) is 12.1 Å². The summed E-state index contributed by atoms with van der Waals surface area (Å²) in [5.41, 5.74) is -1.64. The van der Waals surface area contributed by atoms with E-state index in [1.807, 2.05) is 0 Å². The van der Waals surface area contributed by atoms with Crippen molar-refractivity contribution >= 4 is 11.6 Å². The molecule has 0 atom stereocenters. The number of amides is 1. The number of hydrogen-bond acceptors (Lipinski definition) is 2. The Morgan fingerprint density at radius 1 is 1.00 bits per heavy atom. The van der Waals surface area contributed by atoms with E-state index in [4.69, 9.17) is 0 Å². The van der Waals surface area contributed by atoms with Gasteiger partial charge in [0.25, 0.3) is 12.3 Å². The van der Waals surface area contributed by atoms with Crippen LogP contribution in [0.4, 0.5) is 32.0 Å². The van der Waals surface area contributed by atoms with Crippen molar-refractivity contribution in [1.82, 2.24) is 9.78 Å². The van der Waals surface area contributed by atoms with Crippen LogP contribution in [0.25, 0.3) is 5.69 Å². The second-order valence-electron chi connectivity index (χ2n) is 5.79. The first-order valence-corrected chi connectivity index (χ1v) is 7.78. The monoisotopic (exact) mass is 399 g/mol. The molecule has 1 amide bonds. The second-order valence-corrected chi connectivity index (χ2v) is 5.79. The molecule has 1 aromatic heterocycles. The molecule has 1 N–H and O–H groups in total. The lowest BCUT2D eigenvalue weighted by Crippen LogP contribution is -2.16. The number of benzene rings is 2. The minimum absolute atomic E-state index is 0.159. The van der Waals surface area contributed by atoms with Gasteiger partial charge in [0, 0.05) is 23.5 Å². The van der Waals surface area contributed by atoms with Crippen molar-refractivity contribution in [2.45, 2.75) is 13.3 Å². The standard InChI is InChI=1S/C18H11F6N3O/c1-8-4-14(17(23)24)26-27(8)15-3-2-10(7-11(15)20)25-18(28)16-12(21)5-9(19)6-13(16)22/h2-7,17H,1H3,(H,25,28). The van der Waals surface area contributed by atoms with Gasteiger partial charge in [-0.15, -0.1) is 0 Å². The van der Waals surface area contributed by atoms with Crippen LogP contribution in [0.1, 0.15) is 28.2 Å². The van der Waals surface area contributed by atoms with Crippen molar-refractivity contribution in [3.05, 3.63) is 76.6 Å². The van der Waals surface area contributed by atoms with Gasteiger partial charge in [-0.25, -0.2) is 31.0 Å². The molecule has 0 fully saturated rings. The maximum absolute atomic E-state index is 14.4. The SMILES string of the molecule is Cc1cc(C(F)F)nn1-c1ccc(NC(=O)c2c(F)cc(F)cc2F)cc1F. The Labute approximate surface area is 154 Å². The van der Waals surface area contributed by atoms with Gasteiger partial charge in [-0.2, -0.15) is 5.10 Å². The van der Waals surface area contributed by atoms with Crippen LogP contribution in [-0.4, -0.2) is 15.7 Å². The molecule has 28 heavy (non-hydrogen) atoms. The lowest BCUT2D eigenvalue weighted by molar-refractivity contribution is 0.101. The van der Waals surface area contributed by atoms with Gasteiger partial charge in [0.05, 0.1) is 0 Å². The fraction of sp³-hybridized carbons (Fsp3) is 0.111. The quantitative estimate of drug-likeness (QED) is 0.633. The molecule has 2 aromatic carbocycles. The van der Waals surface area contributed by atoms with Gasteiger partial charge >= 0.3 is 0 Å². The number of aromatic nitrogens is 2. The van der Waals surface area contributed by atoms with Gasteiger partial charge in [-0.3, -0.25) is 4.79 Å². The van der Waals surface area contributed by atoms with Crippen LogP contribution >= 0.6 is 0 Å². The van der Waals surface area contributed by atoms with E-state index in [0.717, 1.165) is 22.9 Å². The summed E-state index contributed by atoms with van der Waals surface area (Å²) in [5.74, 6) is -6.21. The Hall–Kier alpha value is -3.30. The molecule has 3 rings (SSSR count). The lowest BCUT2D eigenvalue weighted by atomic mass is 10.1. The van der Waals surface area contributed by atoms with Crippen LogP contribution in [0.2, 0.25) is 0 Å². The smallest absolute Gasteiger partial charge is 0.282 e. The number of carbonyl (C=O) groups is 1. The summed E-state index contributed by atoms with van der Waals surface area (Å²) in [5, 5.41) is 5.70. The van der Waals surface area contributed by atoms with Gasteiger partial charge in [0.15, 0.2) is 5.82 Å². The van der Waals surface area contributed by atoms with E-state index in [9.17, 15) is 31.1 Å². The van der Waals surface area contributed by atoms with Crippen LogP contribution in [0, 0.1) is 30.2 Å². The third-order valence-corrected chi connectivity index (χ3v) is 3.80. The Kier molecular flexibility index (Phi) is 5.12. The van der Waals surface area contributed by atoms with Gasteiger partial charge in [0.1, 0.15) is 34.4 Å². The third kappa shape index (κ3) is 3.71. The number of nitrogens with zero attached hydrogens (tertiary/aromatic N) is 2. The number of halogens is 6. The lowest BCUT2D eigenvalue weighted by Gasteiger charge is -2.10. The summed E-state index contributed by atoms with van der Waals surface area (Å²) < 4.78 is 81.1. The predicted molar refractivity (Wildman–Crippen MR) is 87.5 cm³/mol. The van der Waals surface area contributed by atoms with Crippen molar-refractivity contribution in [2.24, 2.45) is 0 Å².